The summed E-state index contributed by atoms with van der Waals surface area (Å²) in [4.78, 5) is 30.9. The molecular weight excluding hydrogens is 360 g/mol. The Morgan fingerprint density at radius 2 is 2.00 bits per heavy atom. The third kappa shape index (κ3) is 5.28. The fourth-order valence-corrected chi connectivity index (χ4v) is 2.92. The van der Waals surface area contributed by atoms with Crippen molar-refractivity contribution >= 4 is 23.3 Å². The number of carbonyl (C=O) groups excluding carboxylic acids is 2. The predicted molar refractivity (Wildman–Crippen MR) is 106 cm³/mol. The highest BCUT2D eigenvalue weighted by Crippen LogP contribution is 2.18. The van der Waals surface area contributed by atoms with Crippen LogP contribution in [0.3, 0.4) is 0 Å². The lowest BCUT2D eigenvalue weighted by atomic mass is 10.1. The quantitative estimate of drug-likeness (QED) is 0.704. The van der Waals surface area contributed by atoms with Crippen LogP contribution in [0.5, 0.6) is 0 Å². The normalized spacial score (nSPS) is 14.3. The Hall–Kier alpha value is -2.97. The number of nitrogens with zero attached hydrogens (tertiary/aromatic N) is 2. The van der Waals surface area contributed by atoms with E-state index in [0.717, 1.165) is 45.1 Å². The second kappa shape index (κ2) is 9.82. The zero-order valence-electron chi connectivity index (χ0n) is 15.8. The van der Waals surface area contributed by atoms with Crippen molar-refractivity contribution in [1.29, 1.82) is 0 Å². The molecule has 2 aromatic rings. The number of nitrogens with one attached hydrogen (secondary N) is 2. The van der Waals surface area contributed by atoms with Crippen LogP contribution < -0.4 is 10.6 Å². The van der Waals surface area contributed by atoms with Crippen LogP contribution in [0.2, 0.25) is 0 Å². The van der Waals surface area contributed by atoms with Crippen LogP contribution in [0.1, 0.15) is 20.7 Å². The summed E-state index contributed by atoms with van der Waals surface area (Å²) in [5, 5.41) is 6.04. The SMILES string of the molecule is COC(=O)c1ccccc1NC(=O)c1cncc(NCCN2CCOCC2)c1. The molecule has 2 N–H and O–H groups in total. The Balaban J connectivity index is 1.60. The zero-order chi connectivity index (χ0) is 19.8. The van der Waals surface area contributed by atoms with E-state index in [9.17, 15) is 9.59 Å². The van der Waals surface area contributed by atoms with Gasteiger partial charge in [0, 0.05) is 38.6 Å². The van der Waals surface area contributed by atoms with Crippen molar-refractivity contribution in [3.8, 4) is 0 Å². The maximum atomic E-state index is 12.6. The molecule has 0 radical (unpaired) electrons. The van der Waals surface area contributed by atoms with Crippen LogP contribution in [-0.4, -0.2) is 68.3 Å². The zero-order valence-corrected chi connectivity index (χ0v) is 15.8. The van der Waals surface area contributed by atoms with Gasteiger partial charge >= 0.3 is 5.97 Å². The summed E-state index contributed by atoms with van der Waals surface area (Å²) in [5.41, 5.74) is 1.86. The highest BCUT2D eigenvalue weighted by atomic mass is 16.5. The lowest BCUT2D eigenvalue weighted by Gasteiger charge is -2.26. The van der Waals surface area contributed by atoms with Gasteiger partial charge in [0.05, 0.1) is 42.8 Å². The molecule has 3 rings (SSSR count). The summed E-state index contributed by atoms with van der Waals surface area (Å²) in [6, 6.07) is 8.44. The summed E-state index contributed by atoms with van der Waals surface area (Å²) in [7, 11) is 1.30. The summed E-state index contributed by atoms with van der Waals surface area (Å²) in [6.45, 7) is 5.04. The number of morpholine rings is 1. The second-order valence-corrected chi connectivity index (χ2v) is 6.33. The first-order chi connectivity index (χ1) is 13.7. The number of methoxy groups -OCH3 is 1. The number of esters is 1. The van der Waals surface area contributed by atoms with Gasteiger partial charge < -0.3 is 20.1 Å². The van der Waals surface area contributed by atoms with E-state index < -0.39 is 5.97 Å². The Labute approximate surface area is 163 Å². The Morgan fingerprint density at radius 3 is 2.79 bits per heavy atom. The Morgan fingerprint density at radius 1 is 1.21 bits per heavy atom. The number of rotatable bonds is 7. The number of pyridine rings is 1. The highest BCUT2D eigenvalue weighted by Gasteiger charge is 2.15. The third-order valence-corrected chi connectivity index (χ3v) is 4.44. The van der Waals surface area contributed by atoms with Gasteiger partial charge in [-0.1, -0.05) is 12.1 Å². The average molecular weight is 384 g/mol. The van der Waals surface area contributed by atoms with Gasteiger partial charge in [-0.2, -0.15) is 0 Å². The monoisotopic (exact) mass is 384 g/mol. The molecule has 1 amide bonds. The Kier molecular flexibility index (Phi) is 6.94. The fraction of sp³-hybridized carbons (Fsp3) is 0.350. The number of hydrogen-bond donors (Lipinski definition) is 2. The van der Waals surface area contributed by atoms with Crippen LogP contribution in [0, 0.1) is 0 Å². The molecule has 8 nitrogen and oxygen atoms in total. The van der Waals surface area contributed by atoms with Crippen molar-refractivity contribution in [1.82, 2.24) is 9.88 Å². The van der Waals surface area contributed by atoms with Crippen molar-refractivity contribution in [2.24, 2.45) is 0 Å². The largest absolute Gasteiger partial charge is 0.465 e. The van der Waals surface area contributed by atoms with E-state index in [4.69, 9.17) is 9.47 Å². The molecule has 0 saturated carbocycles. The van der Waals surface area contributed by atoms with Gasteiger partial charge in [-0.25, -0.2) is 4.79 Å². The highest BCUT2D eigenvalue weighted by molar-refractivity contribution is 6.08. The molecule has 0 spiro atoms. The predicted octanol–water partition coefficient (Wildman–Crippen LogP) is 1.86. The third-order valence-electron chi connectivity index (χ3n) is 4.44. The number of amides is 1. The van der Waals surface area contributed by atoms with Crippen LogP contribution in [0.25, 0.3) is 0 Å². The molecule has 1 aliphatic heterocycles. The molecular formula is C20H24N4O4. The standard InChI is InChI=1S/C20H24N4O4/c1-27-20(26)17-4-2-3-5-18(17)23-19(25)15-12-16(14-21-13-15)22-6-7-24-8-10-28-11-9-24/h2-5,12-14,22H,6-11H2,1H3,(H,23,25). The molecule has 1 fully saturated rings. The molecule has 148 valence electrons. The van der Waals surface area contributed by atoms with Crippen LogP contribution in [0.15, 0.2) is 42.7 Å². The molecule has 1 saturated heterocycles. The van der Waals surface area contributed by atoms with Crippen LogP contribution >= 0.6 is 0 Å². The van der Waals surface area contributed by atoms with Gasteiger partial charge in [0.1, 0.15) is 0 Å². The number of anilines is 2. The van der Waals surface area contributed by atoms with Crippen molar-refractivity contribution in [2.45, 2.75) is 0 Å². The van der Waals surface area contributed by atoms with E-state index in [1.165, 1.54) is 13.3 Å². The summed E-state index contributed by atoms with van der Waals surface area (Å²) in [6.07, 6.45) is 3.17. The van der Waals surface area contributed by atoms with E-state index >= 15 is 0 Å². The first-order valence-corrected chi connectivity index (χ1v) is 9.15. The average Bonchev–Trinajstić information content (AvgIpc) is 2.74. The minimum atomic E-state index is -0.507. The molecule has 28 heavy (non-hydrogen) atoms. The fourth-order valence-electron chi connectivity index (χ4n) is 2.92. The number of benzene rings is 1. The van der Waals surface area contributed by atoms with Gasteiger partial charge in [-0.3, -0.25) is 14.7 Å². The van der Waals surface area contributed by atoms with Gasteiger partial charge in [-0.05, 0) is 18.2 Å². The van der Waals surface area contributed by atoms with E-state index in [1.54, 1.807) is 36.5 Å². The van der Waals surface area contributed by atoms with E-state index in [0.29, 0.717) is 16.8 Å². The van der Waals surface area contributed by atoms with E-state index in [1.807, 2.05) is 0 Å². The maximum absolute atomic E-state index is 12.6. The Bertz CT molecular complexity index is 821. The van der Waals surface area contributed by atoms with E-state index in [-0.39, 0.29) is 5.91 Å². The first-order valence-electron chi connectivity index (χ1n) is 9.15. The van der Waals surface area contributed by atoms with Crippen LogP contribution in [0.4, 0.5) is 11.4 Å². The smallest absolute Gasteiger partial charge is 0.339 e. The minimum absolute atomic E-state index is 0.297. The van der Waals surface area contributed by atoms with Gasteiger partial charge in [-0.15, -0.1) is 0 Å². The van der Waals surface area contributed by atoms with Crippen molar-refractivity contribution in [2.75, 3.05) is 57.1 Å². The summed E-state index contributed by atoms with van der Waals surface area (Å²) in [5.74, 6) is -0.853. The number of ether oxygens (including phenoxy) is 2. The number of para-hydroxylation sites is 1. The molecule has 8 heteroatoms. The van der Waals surface area contributed by atoms with Crippen molar-refractivity contribution in [3.05, 3.63) is 53.9 Å². The number of hydrogen-bond acceptors (Lipinski definition) is 7. The minimum Gasteiger partial charge on any atom is -0.465 e. The maximum Gasteiger partial charge on any atom is 0.339 e. The summed E-state index contributed by atoms with van der Waals surface area (Å²) >= 11 is 0. The van der Waals surface area contributed by atoms with Gasteiger partial charge in [0.2, 0.25) is 0 Å². The molecule has 0 atom stereocenters. The molecule has 1 aliphatic rings. The lowest BCUT2D eigenvalue weighted by Crippen LogP contribution is -2.39. The van der Waals surface area contributed by atoms with Crippen molar-refractivity contribution in [3.63, 3.8) is 0 Å². The van der Waals surface area contributed by atoms with Gasteiger partial charge in [0.15, 0.2) is 0 Å². The molecule has 1 aromatic carbocycles. The van der Waals surface area contributed by atoms with Gasteiger partial charge in [0.25, 0.3) is 5.91 Å². The lowest BCUT2D eigenvalue weighted by molar-refractivity contribution is 0.0398. The molecule has 2 heterocycles. The molecule has 1 aromatic heterocycles. The topological polar surface area (TPSA) is 92.8 Å². The second-order valence-electron chi connectivity index (χ2n) is 6.33. The number of carbonyl (C=O) groups is 2. The molecule has 0 aliphatic carbocycles. The van der Waals surface area contributed by atoms with Crippen LogP contribution in [-0.2, 0) is 9.47 Å². The first kappa shape index (κ1) is 19.8. The molecule has 0 bridgehead atoms. The summed E-state index contributed by atoms with van der Waals surface area (Å²) < 4.78 is 10.1. The number of aromatic nitrogens is 1. The molecule has 0 unspecified atom stereocenters. The van der Waals surface area contributed by atoms with E-state index in [2.05, 4.69) is 20.5 Å². The van der Waals surface area contributed by atoms with Crippen molar-refractivity contribution < 1.29 is 19.1 Å².